The molecule has 0 fully saturated rings. The van der Waals surface area contributed by atoms with Crippen LogP contribution in [0.5, 0.6) is 0 Å². The molecule has 7 nitrogen and oxygen atoms in total. The molecule has 1 aliphatic rings. The smallest absolute Gasteiger partial charge is 0.407 e. The third-order valence-electron chi connectivity index (χ3n) is 3.40. The fourth-order valence-corrected chi connectivity index (χ4v) is 2.18. The minimum absolute atomic E-state index is 0.138. The molecule has 0 spiro atoms. The first-order valence-electron chi connectivity index (χ1n) is 6.37. The van der Waals surface area contributed by atoms with E-state index in [1.807, 2.05) is 0 Å². The first kappa shape index (κ1) is 14.3. The summed E-state index contributed by atoms with van der Waals surface area (Å²) in [5.41, 5.74) is 2.39. The van der Waals surface area contributed by atoms with Crippen molar-refractivity contribution in [2.75, 3.05) is 13.2 Å². The van der Waals surface area contributed by atoms with Crippen LogP contribution in [0.4, 0.5) is 4.79 Å². The zero-order valence-electron chi connectivity index (χ0n) is 11.1. The zero-order chi connectivity index (χ0) is 14.7. The molecular weight excluding hydrogens is 262 g/mol. The van der Waals surface area contributed by atoms with Crippen LogP contribution in [-0.2, 0) is 13.0 Å². The molecule has 1 aliphatic heterocycles. The summed E-state index contributed by atoms with van der Waals surface area (Å²) in [7, 11) is 0. The van der Waals surface area contributed by atoms with Gasteiger partial charge in [-0.3, -0.25) is 9.89 Å². The molecule has 0 atom stereocenters. The van der Waals surface area contributed by atoms with Gasteiger partial charge < -0.3 is 15.1 Å². The number of hydrogen-bond donors (Lipinski definition) is 3. The third-order valence-corrected chi connectivity index (χ3v) is 3.40. The van der Waals surface area contributed by atoms with Gasteiger partial charge in [0.05, 0.1) is 18.8 Å². The highest BCUT2D eigenvalue weighted by molar-refractivity contribution is 5.96. The second-order valence-corrected chi connectivity index (χ2v) is 4.81. The van der Waals surface area contributed by atoms with Gasteiger partial charge in [-0.15, -0.1) is 0 Å². The molecule has 0 unspecified atom stereocenters. The fourth-order valence-electron chi connectivity index (χ4n) is 2.18. The Kier molecular flexibility index (Phi) is 4.19. The number of rotatable bonds is 5. The lowest BCUT2D eigenvalue weighted by atomic mass is 10.0. The Morgan fingerprint density at radius 2 is 2.15 bits per heavy atom. The largest absolute Gasteiger partial charge is 0.465 e. The Morgan fingerprint density at radius 3 is 2.80 bits per heavy atom. The van der Waals surface area contributed by atoms with Crippen molar-refractivity contribution >= 4 is 11.9 Å². The van der Waals surface area contributed by atoms with Crippen molar-refractivity contribution in [2.45, 2.75) is 25.8 Å². The topological polar surface area (TPSA) is 107 Å². The van der Waals surface area contributed by atoms with E-state index < -0.39 is 6.09 Å². The van der Waals surface area contributed by atoms with Gasteiger partial charge in [-0.1, -0.05) is 12.2 Å². The Labute approximate surface area is 115 Å². The molecule has 20 heavy (non-hydrogen) atoms. The second kappa shape index (κ2) is 5.87. The Bertz CT molecular complexity index is 550. The first-order valence-corrected chi connectivity index (χ1v) is 6.37. The van der Waals surface area contributed by atoms with Crippen LogP contribution in [0.25, 0.3) is 0 Å². The number of fused-ring (bicyclic) bond motifs is 1. The SMILES string of the molecule is C=C(CO)CCC(=O)c1[nH]nc2c1CN(C(=O)O)CC2. The molecule has 1 aromatic rings. The predicted octanol–water partition coefficient (Wildman–Crippen LogP) is 0.957. The highest BCUT2D eigenvalue weighted by Crippen LogP contribution is 2.22. The highest BCUT2D eigenvalue weighted by Gasteiger charge is 2.27. The molecule has 0 radical (unpaired) electrons. The molecule has 108 valence electrons. The number of carbonyl (C=O) groups excluding carboxylic acids is 1. The lowest BCUT2D eigenvalue weighted by Crippen LogP contribution is -2.35. The average molecular weight is 279 g/mol. The van der Waals surface area contributed by atoms with Gasteiger partial charge >= 0.3 is 6.09 Å². The number of H-pyrrole nitrogens is 1. The summed E-state index contributed by atoms with van der Waals surface area (Å²) in [6.07, 6.45) is 0.144. The van der Waals surface area contributed by atoms with Crippen molar-refractivity contribution in [1.29, 1.82) is 0 Å². The van der Waals surface area contributed by atoms with Gasteiger partial charge in [0.1, 0.15) is 5.69 Å². The summed E-state index contributed by atoms with van der Waals surface area (Å²) in [5, 5.41) is 24.7. The van der Waals surface area contributed by atoms with Crippen LogP contribution in [0.15, 0.2) is 12.2 Å². The fraction of sp³-hybridized carbons (Fsp3) is 0.462. The van der Waals surface area contributed by atoms with Crippen molar-refractivity contribution in [3.63, 3.8) is 0 Å². The molecule has 1 aromatic heterocycles. The maximum absolute atomic E-state index is 12.1. The maximum atomic E-state index is 12.1. The number of aliphatic hydroxyl groups excluding tert-OH is 1. The summed E-state index contributed by atoms with van der Waals surface area (Å²) in [6, 6.07) is 0. The monoisotopic (exact) mass is 279 g/mol. The van der Waals surface area contributed by atoms with Crippen LogP contribution in [0.2, 0.25) is 0 Å². The van der Waals surface area contributed by atoms with E-state index in [0.717, 1.165) is 5.69 Å². The van der Waals surface area contributed by atoms with E-state index in [1.165, 1.54) is 4.90 Å². The summed E-state index contributed by atoms with van der Waals surface area (Å²) >= 11 is 0. The van der Waals surface area contributed by atoms with Crippen molar-refractivity contribution in [2.24, 2.45) is 0 Å². The molecule has 0 aromatic carbocycles. The highest BCUT2D eigenvalue weighted by atomic mass is 16.4. The van der Waals surface area contributed by atoms with Crippen LogP contribution in [0.3, 0.4) is 0 Å². The van der Waals surface area contributed by atoms with Gasteiger partial charge in [-0.2, -0.15) is 5.10 Å². The molecule has 0 aliphatic carbocycles. The van der Waals surface area contributed by atoms with Crippen molar-refractivity contribution in [3.05, 3.63) is 29.1 Å². The zero-order valence-corrected chi connectivity index (χ0v) is 11.1. The molecular formula is C13H17N3O4. The van der Waals surface area contributed by atoms with Gasteiger partial charge in [-0.25, -0.2) is 4.79 Å². The first-order chi connectivity index (χ1) is 9.52. The third kappa shape index (κ3) is 2.88. The number of carbonyl (C=O) groups is 2. The normalized spacial score (nSPS) is 13.9. The molecule has 2 rings (SSSR count). The second-order valence-electron chi connectivity index (χ2n) is 4.81. The van der Waals surface area contributed by atoms with E-state index in [4.69, 9.17) is 10.2 Å². The molecule has 1 amide bonds. The van der Waals surface area contributed by atoms with E-state index in [2.05, 4.69) is 16.8 Å². The van der Waals surface area contributed by atoms with Crippen LogP contribution < -0.4 is 0 Å². The van der Waals surface area contributed by atoms with Crippen LogP contribution in [0, 0.1) is 0 Å². The standard InChI is InChI=1S/C13H17N3O4/c1-8(7-17)2-3-11(18)12-9-6-16(13(19)20)5-4-10(9)14-15-12/h17H,1-7H2,(H,14,15)(H,19,20). The van der Waals surface area contributed by atoms with E-state index in [-0.39, 0.29) is 25.4 Å². The number of nitrogens with zero attached hydrogens (tertiary/aromatic N) is 2. The number of Topliss-reactive ketones (excluding diaryl/α,β-unsaturated/α-hetero) is 1. The van der Waals surface area contributed by atoms with Gasteiger partial charge in [0, 0.05) is 24.9 Å². The van der Waals surface area contributed by atoms with Crippen molar-refractivity contribution < 1.29 is 19.8 Å². The molecule has 0 bridgehead atoms. The number of aromatic nitrogens is 2. The van der Waals surface area contributed by atoms with E-state index in [1.54, 1.807) is 0 Å². The Hall–Kier alpha value is -2.15. The number of hydrogen-bond acceptors (Lipinski definition) is 4. The lowest BCUT2D eigenvalue weighted by molar-refractivity contribution is 0.0973. The summed E-state index contributed by atoms with van der Waals surface area (Å²) in [6.45, 7) is 4.07. The molecule has 7 heteroatoms. The maximum Gasteiger partial charge on any atom is 0.407 e. The number of aromatic amines is 1. The van der Waals surface area contributed by atoms with Crippen molar-refractivity contribution in [1.82, 2.24) is 15.1 Å². The number of amides is 1. The van der Waals surface area contributed by atoms with Crippen LogP contribution in [-0.4, -0.2) is 50.3 Å². The average Bonchev–Trinajstić information content (AvgIpc) is 2.87. The van der Waals surface area contributed by atoms with Crippen molar-refractivity contribution in [3.8, 4) is 0 Å². The number of nitrogens with one attached hydrogen (secondary N) is 1. The Morgan fingerprint density at radius 1 is 1.40 bits per heavy atom. The van der Waals surface area contributed by atoms with Gasteiger partial charge in [-0.05, 0) is 6.42 Å². The number of carboxylic acid groups (broad SMARTS) is 1. The molecule has 0 saturated heterocycles. The lowest BCUT2D eigenvalue weighted by Gasteiger charge is -2.23. The summed E-state index contributed by atoms with van der Waals surface area (Å²) in [4.78, 5) is 24.4. The molecule has 0 saturated carbocycles. The van der Waals surface area contributed by atoms with E-state index >= 15 is 0 Å². The minimum Gasteiger partial charge on any atom is -0.465 e. The number of aliphatic hydroxyl groups is 1. The molecule has 2 heterocycles. The molecule has 3 N–H and O–H groups in total. The van der Waals surface area contributed by atoms with Gasteiger partial charge in [0.15, 0.2) is 5.78 Å². The Balaban J connectivity index is 2.11. The van der Waals surface area contributed by atoms with E-state index in [0.29, 0.717) is 36.2 Å². The predicted molar refractivity (Wildman–Crippen MR) is 70.5 cm³/mol. The summed E-state index contributed by atoms with van der Waals surface area (Å²) in [5.74, 6) is -0.138. The van der Waals surface area contributed by atoms with Crippen LogP contribution in [0.1, 0.15) is 34.6 Å². The number of ketones is 1. The van der Waals surface area contributed by atoms with E-state index in [9.17, 15) is 9.59 Å². The van der Waals surface area contributed by atoms with Gasteiger partial charge in [0.2, 0.25) is 0 Å². The summed E-state index contributed by atoms with van der Waals surface area (Å²) < 4.78 is 0. The quantitative estimate of drug-likeness (QED) is 0.549. The van der Waals surface area contributed by atoms with Gasteiger partial charge in [0.25, 0.3) is 0 Å². The minimum atomic E-state index is -0.996. The van der Waals surface area contributed by atoms with Crippen LogP contribution >= 0.6 is 0 Å².